The van der Waals surface area contributed by atoms with Crippen molar-refractivity contribution in [1.29, 1.82) is 0 Å². The number of carbonyl (C=O) groups excluding carboxylic acids is 2. The van der Waals surface area contributed by atoms with Gasteiger partial charge in [-0.1, -0.05) is 30.3 Å². The first kappa shape index (κ1) is 21.9. The molecule has 7 heteroatoms. The normalized spacial score (nSPS) is 16.0. The fraction of sp³-hybridized carbons (Fsp3) is 0.333. The van der Waals surface area contributed by atoms with Crippen LogP contribution in [0, 0.1) is 0 Å². The Balaban J connectivity index is 0.00000280. The number of ether oxygens (including phenoxy) is 1. The third kappa shape index (κ3) is 5.79. The monoisotopic (exact) mass is 403 g/mol. The van der Waals surface area contributed by atoms with E-state index in [0.29, 0.717) is 38.4 Å². The second kappa shape index (κ2) is 10.8. The van der Waals surface area contributed by atoms with Crippen molar-refractivity contribution in [2.24, 2.45) is 0 Å². The van der Waals surface area contributed by atoms with E-state index in [0.717, 1.165) is 11.3 Å². The third-order valence-corrected chi connectivity index (χ3v) is 4.50. The van der Waals surface area contributed by atoms with E-state index in [1.54, 1.807) is 4.90 Å². The molecule has 3 rings (SSSR count). The lowest BCUT2D eigenvalue weighted by Crippen LogP contribution is -2.48. The summed E-state index contributed by atoms with van der Waals surface area (Å²) in [7, 11) is 0. The molecule has 0 aromatic heterocycles. The molecule has 2 amide bonds. The van der Waals surface area contributed by atoms with Crippen molar-refractivity contribution in [2.45, 2.75) is 19.4 Å². The van der Waals surface area contributed by atoms with Crippen LogP contribution in [0.15, 0.2) is 54.6 Å². The summed E-state index contributed by atoms with van der Waals surface area (Å²) in [6.45, 7) is 4.27. The highest BCUT2D eigenvalue weighted by atomic mass is 35.5. The number of amides is 2. The summed E-state index contributed by atoms with van der Waals surface area (Å²) in [4.78, 5) is 26.6. The number of nitrogens with one attached hydrogen (secondary N) is 2. The summed E-state index contributed by atoms with van der Waals surface area (Å²) in [6.07, 6.45) is 0.314. The number of para-hydroxylation sites is 1. The molecule has 150 valence electrons. The quantitative estimate of drug-likeness (QED) is 0.777. The molecule has 1 aliphatic heterocycles. The summed E-state index contributed by atoms with van der Waals surface area (Å²) < 4.78 is 5.31. The van der Waals surface area contributed by atoms with Crippen molar-refractivity contribution in [2.75, 3.05) is 36.5 Å². The zero-order valence-corrected chi connectivity index (χ0v) is 16.7. The van der Waals surface area contributed by atoms with E-state index in [2.05, 4.69) is 10.6 Å². The summed E-state index contributed by atoms with van der Waals surface area (Å²) in [5, 5.41) is 6.00. The molecule has 1 fully saturated rings. The van der Waals surface area contributed by atoms with Crippen LogP contribution in [0.5, 0.6) is 0 Å². The van der Waals surface area contributed by atoms with Crippen molar-refractivity contribution >= 4 is 35.6 Å². The van der Waals surface area contributed by atoms with E-state index in [1.807, 2.05) is 61.5 Å². The summed E-state index contributed by atoms with van der Waals surface area (Å²) in [5.74, 6) is -0.0659. The fourth-order valence-electron chi connectivity index (χ4n) is 3.05. The minimum Gasteiger partial charge on any atom is -0.378 e. The zero-order valence-electron chi connectivity index (χ0n) is 15.9. The molecule has 0 bridgehead atoms. The van der Waals surface area contributed by atoms with Crippen molar-refractivity contribution in [1.82, 2.24) is 5.32 Å². The fourth-order valence-corrected chi connectivity index (χ4v) is 3.05. The first-order valence-corrected chi connectivity index (χ1v) is 9.23. The van der Waals surface area contributed by atoms with Gasteiger partial charge in [-0.15, -0.1) is 12.4 Å². The maximum atomic E-state index is 12.6. The molecule has 6 nitrogen and oxygen atoms in total. The third-order valence-electron chi connectivity index (χ3n) is 4.50. The first-order valence-electron chi connectivity index (χ1n) is 9.23. The van der Waals surface area contributed by atoms with Crippen molar-refractivity contribution in [3.8, 4) is 0 Å². The molecule has 1 atom stereocenters. The van der Waals surface area contributed by atoms with Gasteiger partial charge in [-0.05, 0) is 36.8 Å². The van der Waals surface area contributed by atoms with Gasteiger partial charge in [0.05, 0.1) is 19.6 Å². The van der Waals surface area contributed by atoms with E-state index in [4.69, 9.17) is 4.74 Å². The highest BCUT2D eigenvalue weighted by Gasteiger charge is 2.21. The Morgan fingerprint density at radius 1 is 1.14 bits per heavy atom. The molecular weight excluding hydrogens is 378 g/mol. The van der Waals surface area contributed by atoms with E-state index >= 15 is 0 Å². The number of morpholine rings is 1. The van der Waals surface area contributed by atoms with Crippen LogP contribution in [0.1, 0.15) is 12.5 Å². The number of rotatable bonds is 6. The van der Waals surface area contributed by atoms with Gasteiger partial charge in [0, 0.05) is 24.5 Å². The van der Waals surface area contributed by atoms with Gasteiger partial charge in [0.1, 0.15) is 6.04 Å². The van der Waals surface area contributed by atoms with Gasteiger partial charge < -0.3 is 20.3 Å². The van der Waals surface area contributed by atoms with Crippen LogP contribution in [0.4, 0.5) is 11.4 Å². The average Bonchev–Trinajstić information content (AvgIpc) is 2.71. The standard InChI is InChI=1S/C21H25N3O3.ClH/c1-2-24(18-6-4-3-5-7-18)20(25)14-16-8-10-17(11-9-16)23-21(26)19-15-27-13-12-22-19;/h3-11,19,22H,2,12-15H2,1H3,(H,23,26);1H. The zero-order chi connectivity index (χ0) is 19.1. The largest absolute Gasteiger partial charge is 0.378 e. The molecule has 1 saturated heterocycles. The smallest absolute Gasteiger partial charge is 0.243 e. The van der Waals surface area contributed by atoms with Crippen LogP contribution in [-0.2, 0) is 20.7 Å². The van der Waals surface area contributed by atoms with Crippen LogP contribution in [0.25, 0.3) is 0 Å². The number of halogens is 1. The van der Waals surface area contributed by atoms with E-state index in [9.17, 15) is 9.59 Å². The molecular formula is C21H26ClN3O3. The number of hydrogen-bond acceptors (Lipinski definition) is 4. The average molecular weight is 404 g/mol. The van der Waals surface area contributed by atoms with Gasteiger partial charge in [-0.2, -0.15) is 0 Å². The van der Waals surface area contributed by atoms with Crippen molar-refractivity contribution < 1.29 is 14.3 Å². The molecule has 1 aliphatic rings. The summed E-state index contributed by atoms with van der Waals surface area (Å²) in [6, 6.07) is 16.7. The van der Waals surface area contributed by atoms with E-state index in [-0.39, 0.29) is 30.3 Å². The van der Waals surface area contributed by atoms with Crippen LogP contribution in [0.3, 0.4) is 0 Å². The summed E-state index contributed by atoms with van der Waals surface area (Å²) >= 11 is 0. The Morgan fingerprint density at radius 3 is 2.46 bits per heavy atom. The van der Waals surface area contributed by atoms with Gasteiger partial charge in [0.15, 0.2) is 0 Å². The van der Waals surface area contributed by atoms with Crippen LogP contribution in [0.2, 0.25) is 0 Å². The number of benzene rings is 2. The molecule has 2 N–H and O–H groups in total. The maximum Gasteiger partial charge on any atom is 0.243 e. The first-order chi connectivity index (χ1) is 13.2. The van der Waals surface area contributed by atoms with Crippen molar-refractivity contribution in [3.63, 3.8) is 0 Å². The van der Waals surface area contributed by atoms with Gasteiger partial charge >= 0.3 is 0 Å². The minimum absolute atomic E-state index is 0. The number of anilines is 2. The van der Waals surface area contributed by atoms with Gasteiger partial charge in [-0.3, -0.25) is 9.59 Å². The molecule has 0 radical (unpaired) electrons. The lowest BCUT2D eigenvalue weighted by molar-refractivity contribution is -0.121. The van der Waals surface area contributed by atoms with E-state index in [1.165, 1.54) is 0 Å². The van der Waals surface area contributed by atoms with Gasteiger partial charge in [0.25, 0.3) is 0 Å². The second-order valence-corrected chi connectivity index (χ2v) is 6.42. The molecule has 2 aromatic rings. The Kier molecular flexibility index (Phi) is 8.44. The molecule has 28 heavy (non-hydrogen) atoms. The van der Waals surface area contributed by atoms with Crippen LogP contribution < -0.4 is 15.5 Å². The Bertz CT molecular complexity index is 762. The predicted molar refractivity (Wildman–Crippen MR) is 113 cm³/mol. The molecule has 1 heterocycles. The minimum atomic E-state index is -0.330. The number of carbonyl (C=O) groups is 2. The Hall–Kier alpha value is -2.41. The SMILES string of the molecule is CCN(C(=O)Cc1ccc(NC(=O)C2COCCN2)cc1)c1ccccc1.Cl. The number of hydrogen-bond donors (Lipinski definition) is 2. The number of likely N-dealkylation sites (N-methyl/N-ethyl adjacent to an activating group) is 1. The maximum absolute atomic E-state index is 12.6. The van der Waals surface area contributed by atoms with Crippen LogP contribution >= 0.6 is 12.4 Å². The predicted octanol–water partition coefficient (Wildman–Crippen LogP) is 2.63. The highest BCUT2D eigenvalue weighted by Crippen LogP contribution is 2.16. The van der Waals surface area contributed by atoms with Gasteiger partial charge in [0.2, 0.25) is 11.8 Å². The summed E-state index contributed by atoms with van der Waals surface area (Å²) in [5.41, 5.74) is 2.52. The Morgan fingerprint density at radius 2 is 1.86 bits per heavy atom. The van der Waals surface area contributed by atoms with Crippen LogP contribution in [-0.4, -0.2) is 44.2 Å². The van der Waals surface area contributed by atoms with Gasteiger partial charge in [-0.25, -0.2) is 0 Å². The second-order valence-electron chi connectivity index (χ2n) is 6.42. The molecule has 1 unspecified atom stereocenters. The molecule has 0 aliphatic carbocycles. The van der Waals surface area contributed by atoms with E-state index < -0.39 is 0 Å². The molecule has 0 spiro atoms. The van der Waals surface area contributed by atoms with Crippen molar-refractivity contribution in [3.05, 3.63) is 60.2 Å². The highest BCUT2D eigenvalue weighted by molar-refractivity contribution is 5.96. The number of nitrogens with zero attached hydrogens (tertiary/aromatic N) is 1. The Labute approximate surface area is 171 Å². The molecule has 2 aromatic carbocycles. The molecule has 0 saturated carbocycles. The lowest BCUT2D eigenvalue weighted by Gasteiger charge is -2.23. The lowest BCUT2D eigenvalue weighted by atomic mass is 10.1. The topological polar surface area (TPSA) is 70.7 Å².